The van der Waals surface area contributed by atoms with Gasteiger partial charge < -0.3 is 4.57 Å². The van der Waals surface area contributed by atoms with Gasteiger partial charge in [0, 0.05) is 44.1 Å². The van der Waals surface area contributed by atoms with E-state index in [0.29, 0.717) is 23.2 Å². The highest BCUT2D eigenvalue weighted by molar-refractivity contribution is 6.15. The van der Waals surface area contributed by atoms with Crippen molar-refractivity contribution in [2.24, 2.45) is 0 Å². The molecule has 0 fully saturated rings. The molecule has 0 radical (unpaired) electrons. The molecule has 9 aromatic rings. The van der Waals surface area contributed by atoms with Gasteiger partial charge in [-0.25, -0.2) is 19.8 Å². The summed E-state index contributed by atoms with van der Waals surface area (Å²) in [6.45, 7) is 12.7. The van der Waals surface area contributed by atoms with Gasteiger partial charge in [-0.3, -0.25) is 0 Å². The Morgan fingerprint density at radius 2 is 1.07 bits per heavy atom. The molecule has 0 aliphatic heterocycles. The van der Waals surface area contributed by atoms with Gasteiger partial charge in [-0.05, 0) is 52.1 Å². The first-order valence-corrected chi connectivity index (χ1v) is 18.2. The lowest BCUT2D eigenvalue weighted by atomic mass is 9.82. The molecule has 0 N–H and O–H groups in total. The molecule has 0 saturated heterocycles. The topological polar surface area (TPSA) is 48.0 Å². The first kappa shape index (κ1) is 31.6. The van der Waals surface area contributed by atoms with E-state index in [1.54, 1.807) is 0 Å². The summed E-state index contributed by atoms with van der Waals surface area (Å²) in [7, 11) is 0. The van der Waals surface area contributed by atoms with Gasteiger partial charge in [-0.15, -0.1) is 0 Å². The van der Waals surface area contributed by atoms with Crippen LogP contribution in [0.5, 0.6) is 0 Å². The van der Waals surface area contributed by atoms with Crippen LogP contribution in [0.3, 0.4) is 0 Å². The van der Waals surface area contributed by atoms with E-state index in [4.69, 9.17) is 21.5 Å². The summed E-state index contributed by atoms with van der Waals surface area (Å²) in [5.41, 5.74) is 13.3. The fraction of sp³-hybridized carbons (Fsp3) is 0.0612. The third-order valence-corrected chi connectivity index (χ3v) is 10.8. The molecule has 54 heavy (non-hydrogen) atoms. The van der Waals surface area contributed by atoms with E-state index >= 15 is 0 Å². The molecular weight excluding hydrogens is 659 g/mol. The van der Waals surface area contributed by atoms with Crippen LogP contribution in [0, 0.1) is 6.57 Å². The van der Waals surface area contributed by atoms with Gasteiger partial charge in [0.2, 0.25) is 0 Å². The van der Waals surface area contributed by atoms with Crippen molar-refractivity contribution >= 4 is 27.5 Å². The number of rotatable bonds is 5. The van der Waals surface area contributed by atoms with Crippen LogP contribution in [0.1, 0.15) is 25.0 Å². The largest absolute Gasteiger partial charge is 0.309 e. The Morgan fingerprint density at radius 1 is 0.500 bits per heavy atom. The predicted octanol–water partition coefficient (Wildman–Crippen LogP) is 12.5. The molecular formula is C49H33N5. The van der Waals surface area contributed by atoms with Crippen molar-refractivity contribution < 1.29 is 0 Å². The van der Waals surface area contributed by atoms with Crippen molar-refractivity contribution in [2.75, 3.05) is 0 Å². The summed E-state index contributed by atoms with van der Waals surface area (Å²) in [4.78, 5) is 19.2. The van der Waals surface area contributed by atoms with E-state index < -0.39 is 0 Å². The summed E-state index contributed by atoms with van der Waals surface area (Å²) in [5.74, 6) is 1.76. The Kier molecular flexibility index (Phi) is 7.14. The van der Waals surface area contributed by atoms with Crippen molar-refractivity contribution in [1.82, 2.24) is 19.5 Å². The molecule has 0 atom stereocenters. The summed E-state index contributed by atoms with van der Waals surface area (Å²) in [6.07, 6.45) is 0. The maximum absolute atomic E-state index is 8.08. The van der Waals surface area contributed by atoms with E-state index in [9.17, 15) is 0 Å². The number of para-hydroxylation sites is 2. The molecule has 5 nitrogen and oxygen atoms in total. The third-order valence-electron chi connectivity index (χ3n) is 10.8. The smallest absolute Gasteiger partial charge is 0.194 e. The number of benzene rings is 7. The average Bonchev–Trinajstić information content (AvgIpc) is 3.69. The zero-order valence-electron chi connectivity index (χ0n) is 29.8. The fourth-order valence-corrected chi connectivity index (χ4v) is 8.29. The first-order valence-electron chi connectivity index (χ1n) is 18.2. The molecule has 0 unspecified atom stereocenters. The van der Waals surface area contributed by atoms with E-state index in [1.165, 1.54) is 38.5 Å². The zero-order valence-corrected chi connectivity index (χ0v) is 29.8. The minimum Gasteiger partial charge on any atom is -0.309 e. The van der Waals surface area contributed by atoms with Crippen LogP contribution in [0.2, 0.25) is 0 Å². The Labute approximate surface area is 313 Å². The molecule has 1 aliphatic carbocycles. The lowest BCUT2D eigenvalue weighted by molar-refractivity contribution is 0.661. The minimum absolute atomic E-state index is 0.157. The van der Waals surface area contributed by atoms with Crippen LogP contribution in [0.15, 0.2) is 164 Å². The van der Waals surface area contributed by atoms with E-state index in [1.807, 2.05) is 84.9 Å². The summed E-state index contributed by atoms with van der Waals surface area (Å²) in [6, 6.07) is 56.5. The monoisotopic (exact) mass is 691 g/mol. The van der Waals surface area contributed by atoms with Gasteiger partial charge in [0.05, 0.1) is 17.6 Å². The van der Waals surface area contributed by atoms with Crippen LogP contribution in [-0.2, 0) is 5.41 Å². The van der Waals surface area contributed by atoms with E-state index in [-0.39, 0.29) is 5.41 Å². The summed E-state index contributed by atoms with van der Waals surface area (Å²) in [5, 5.41) is 2.38. The highest BCUT2D eigenvalue weighted by atomic mass is 15.0. The van der Waals surface area contributed by atoms with Crippen LogP contribution in [0.25, 0.3) is 88.8 Å². The maximum Gasteiger partial charge on any atom is 0.194 e. The Bertz CT molecular complexity index is 2910. The minimum atomic E-state index is -0.157. The Morgan fingerprint density at radius 3 is 1.78 bits per heavy atom. The third kappa shape index (κ3) is 4.88. The van der Waals surface area contributed by atoms with Crippen molar-refractivity contribution in [2.45, 2.75) is 19.3 Å². The summed E-state index contributed by atoms with van der Waals surface area (Å²) < 4.78 is 2.41. The van der Waals surface area contributed by atoms with Crippen molar-refractivity contribution in [3.63, 3.8) is 0 Å². The van der Waals surface area contributed by atoms with Crippen LogP contribution < -0.4 is 0 Å². The quantitative estimate of drug-likeness (QED) is 0.169. The second-order valence-corrected chi connectivity index (χ2v) is 14.3. The number of hydrogen-bond acceptors (Lipinski definition) is 3. The molecule has 2 aromatic heterocycles. The molecule has 5 heteroatoms. The normalized spacial score (nSPS) is 12.8. The van der Waals surface area contributed by atoms with Gasteiger partial charge in [-0.1, -0.05) is 153 Å². The SMILES string of the molecule is [C-]#[N+]c1ccccc1-c1cc(-c2nc(-c3ccccc3)nc(-c3ccccc3)n2)cc(-n2c3ccccc3c3ccc4c(c32)-c2ccccc2C4(C)C)c1. The fourth-order valence-electron chi connectivity index (χ4n) is 8.29. The van der Waals surface area contributed by atoms with E-state index in [2.05, 4.69) is 102 Å². The molecule has 7 aromatic carbocycles. The van der Waals surface area contributed by atoms with Crippen LogP contribution in [-0.4, -0.2) is 19.5 Å². The number of fused-ring (bicyclic) bond motifs is 7. The maximum atomic E-state index is 8.08. The highest BCUT2D eigenvalue weighted by Crippen LogP contribution is 2.53. The second-order valence-electron chi connectivity index (χ2n) is 14.3. The Balaban J connectivity index is 1.32. The van der Waals surface area contributed by atoms with Crippen molar-refractivity contribution in [3.8, 4) is 62.1 Å². The predicted molar refractivity (Wildman–Crippen MR) is 220 cm³/mol. The standard InChI is InChI=1S/C49H33N5/c1-49(2)40-23-13-10-22-39(40)44-41(49)27-26-38-37-21-12-15-25-43(37)54(45(38)44)35-29-33(36-20-11-14-24-42(36)50-3)28-34(30-35)48-52-46(31-16-6-4-7-17-31)51-47(53-48)32-18-8-5-9-19-32/h4-30H,1-2H3. The number of nitrogens with zero attached hydrogens (tertiary/aromatic N) is 5. The first-order chi connectivity index (χ1) is 26.5. The summed E-state index contributed by atoms with van der Waals surface area (Å²) >= 11 is 0. The lowest BCUT2D eigenvalue weighted by Crippen LogP contribution is -2.14. The van der Waals surface area contributed by atoms with Gasteiger partial charge in [0.15, 0.2) is 23.2 Å². The van der Waals surface area contributed by atoms with Crippen molar-refractivity contribution in [1.29, 1.82) is 0 Å². The lowest BCUT2D eigenvalue weighted by Gasteiger charge is -2.21. The van der Waals surface area contributed by atoms with Crippen LogP contribution >= 0.6 is 0 Å². The molecule has 2 heterocycles. The van der Waals surface area contributed by atoms with Gasteiger partial charge in [-0.2, -0.15) is 0 Å². The Hall–Kier alpha value is -7.16. The van der Waals surface area contributed by atoms with Crippen molar-refractivity contribution in [3.05, 3.63) is 186 Å². The average molecular weight is 692 g/mol. The molecule has 0 spiro atoms. The molecule has 254 valence electrons. The molecule has 0 bridgehead atoms. The zero-order chi connectivity index (χ0) is 36.4. The van der Waals surface area contributed by atoms with Crippen LogP contribution in [0.4, 0.5) is 5.69 Å². The highest BCUT2D eigenvalue weighted by Gasteiger charge is 2.37. The molecule has 0 saturated carbocycles. The molecule has 1 aliphatic rings. The van der Waals surface area contributed by atoms with Gasteiger partial charge >= 0.3 is 0 Å². The number of hydrogen-bond donors (Lipinski definition) is 0. The van der Waals surface area contributed by atoms with Gasteiger partial charge in [0.25, 0.3) is 0 Å². The molecule has 10 rings (SSSR count). The van der Waals surface area contributed by atoms with E-state index in [0.717, 1.165) is 39.0 Å². The molecule has 0 amide bonds. The second kappa shape index (κ2) is 12.2. The number of aromatic nitrogens is 4. The van der Waals surface area contributed by atoms with Gasteiger partial charge in [0.1, 0.15) is 0 Å².